The van der Waals surface area contributed by atoms with E-state index in [2.05, 4.69) is 0 Å². The molecule has 3 N–H and O–H groups in total. The van der Waals surface area contributed by atoms with Gasteiger partial charge in [-0.25, -0.2) is 0 Å². The van der Waals surface area contributed by atoms with Crippen molar-refractivity contribution in [3.63, 3.8) is 0 Å². The molecule has 2 heterocycles. The van der Waals surface area contributed by atoms with Gasteiger partial charge in [-0.2, -0.15) is 0 Å². The smallest absolute Gasteiger partial charge is 0.174 e. The fourth-order valence-corrected chi connectivity index (χ4v) is 4.11. The van der Waals surface area contributed by atoms with Crippen LogP contribution < -0.4 is 9.47 Å². The van der Waals surface area contributed by atoms with E-state index in [-0.39, 0.29) is 29.3 Å². The molecule has 0 fully saturated rings. The second kappa shape index (κ2) is 7.61. The Bertz CT molecular complexity index is 1060. The number of carbonyl (C=O) groups excluding carboxylic acids is 1. The number of allylic oxidation sites excluding steroid dienone is 2. The number of ether oxygens (including phenoxy) is 2. The molecular formula is C25H28O6. The van der Waals surface area contributed by atoms with Crippen LogP contribution in [-0.2, 0) is 12.8 Å². The summed E-state index contributed by atoms with van der Waals surface area (Å²) >= 11 is 0. The maximum absolute atomic E-state index is 13.1. The lowest BCUT2D eigenvalue weighted by molar-refractivity contribution is -0.0233. The molecule has 6 nitrogen and oxygen atoms in total. The van der Waals surface area contributed by atoms with Crippen molar-refractivity contribution in [3.05, 3.63) is 58.2 Å². The number of aromatic hydroxyl groups is 2. The third-order valence-electron chi connectivity index (χ3n) is 5.90. The first-order valence-corrected chi connectivity index (χ1v) is 10.5. The van der Waals surface area contributed by atoms with Gasteiger partial charge in [-0.3, -0.25) is 4.79 Å². The average molecular weight is 424 g/mol. The number of Topliss-reactive ketones (excluding diaryl/α,β-unsaturated/α-hetero) is 1. The number of carbonyl (C=O) groups is 1. The number of phenols is 2. The summed E-state index contributed by atoms with van der Waals surface area (Å²) in [6.07, 6.45) is 1.82. The van der Waals surface area contributed by atoms with Crippen molar-refractivity contribution in [3.8, 4) is 23.0 Å². The fraction of sp³-hybridized carbons (Fsp3) is 0.400. The Hall–Kier alpha value is -2.99. The molecule has 0 radical (unpaired) electrons. The molecule has 2 aliphatic rings. The first kappa shape index (κ1) is 21.2. The zero-order valence-corrected chi connectivity index (χ0v) is 18.2. The molecule has 164 valence electrons. The number of phenolic OH excluding ortho intramolecular Hbond substituents is 2. The highest BCUT2D eigenvalue weighted by Gasteiger charge is 2.42. The Labute approximate surface area is 181 Å². The standard InChI is InChI=1S/C25H28O6/c1-13(2)5-10-16-23-17(11-20(31-23)25(3,4)29)22(28)21-18(27)12-19(30-24(16)21)14-6-8-15(26)9-7-14/h5-9,19-20,26,28-29H,10-12H2,1-4H3/t19-,20?/m0/s1. The van der Waals surface area contributed by atoms with E-state index >= 15 is 0 Å². The number of hydrogen-bond donors (Lipinski definition) is 3. The lowest BCUT2D eigenvalue weighted by Crippen LogP contribution is -2.39. The van der Waals surface area contributed by atoms with Gasteiger partial charge in [-0.1, -0.05) is 23.8 Å². The molecule has 0 saturated carbocycles. The molecule has 0 spiro atoms. The highest BCUT2D eigenvalue weighted by atomic mass is 16.5. The monoisotopic (exact) mass is 424 g/mol. The van der Waals surface area contributed by atoms with E-state index in [1.54, 1.807) is 38.1 Å². The van der Waals surface area contributed by atoms with Gasteiger partial charge < -0.3 is 24.8 Å². The molecule has 0 aliphatic carbocycles. The van der Waals surface area contributed by atoms with E-state index in [4.69, 9.17) is 9.47 Å². The van der Waals surface area contributed by atoms with E-state index in [0.29, 0.717) is 35.5 Å². The van der Waals surface area contributed by atoms with E-state index in [0.717, 1.165) is 11.1 Å². The van der Waals surface area contributed by atoms with Gasteiger partial charge in [0.1, 0.15) is 40.8 Å². The second-order valence-electron chi connectivity index (χ2n) is 9.11. The van der Waals surface area contributed by atoms with E-state index in [1.807, 2.05) is 19.9 Å². The lowest BCUT2D eigenvalue weighted by Gasteiger charge is -2.29. The van der Waals surface area contributed by atoms with Crippen LogP contribution >= 0.6 is 0 Å². The molecule has 0 saturated heterocycles. The van der Waals surface area contributed by atoms with E-state index in [1.165, 1.54) is 0 Å². The minimum absolute atomic E-state index is 0.0853. The van der Waals surface area contributed by atoms with Crippen molar-refractivity contribution in [1.29, 1.82) is 0 Å². The number of hydrogen-bond acceptors (Lipinski definition) is 6. The largest absolute Gasteiger partial charge is 0.508 e. The first-order valence-electron chi connectivity index (χ1n) is 10.5. The minimum atomic E-state index is -1.11. The molecule has 2 aromatic carbocycles. The molecule has 2 aliphatic heterocycles. The Morgan fingerprint density at radius 1 is 1.10 bits per heavy atom. The van der Waals surface area contributed by atoms with Crippen molar-refractivity contribution in [2.24, 2.45) is 0 Å². The average Bonchev–Trinajstić information content (AvgIpc) is 3.14. The van der Waals surface area contributed by atoms with Crippen LogP contribution in [0, 0.1) is 0 Å². The molecule has 31 heavy (non-hydrogen) atoms. The van der Waals surface area contributed by atoms with Gasteiger partial charge in [0.15, 0.2) is 5.78 Å². The summed E-state index contributed by atoms with van der Waals surface area (Å²) in [7, 11) is 0. The minimum Gasteiger partial charge on any atom is -0.508 e. The van der Waals surface area contributed by atoms with Crippen LogP contribution in [0.3, 0.4) is 0 Å². The predicted molar refractivity (Wildman–Crippen MR) is 116 cm³/mol. The summed E-state index contributed by atoms with van der Waals surface area (Å²) in [6.45, 7) is 7.30. The van der Waals surface area contributed by atoms with Gasteiger partial charge in [-0.05, 0) is 51.8 Å². The van der Waals surface area contributed by atoms with E-state index in [9.17, 15) is 20.1 Å². The zero-order chi connectivity index (χ0) is 22.5. The summed E-state index contributed by atoms with van der Waals surface area (Å²) in [6, 6.07) is 6.56. The molecule has 2 aromatic rings. The van der Waals surface area contributed by atoms with Crippen LogP contribution in [0.2, 0.25) is 0 Å². The zero-order valence-electron chi connectivity index (χ0n) is 18.2. The molecular weight excluding hydrogens is 396 g/mol. The van der Waals surface area contributed by atoms with Gasteiger partial charge >= 0.3 is 0 Å². The number of benzene rings is 2. The third kappa shape index (κ3) is 3.88. The third-order valence-corrected chi connectivity index (χ3v) is 5.90. The van der Waals surface area contributed by atoms with Crippen LogP contribution in [-0.4, -0.2) is 32.8 Å². The molecule has 0 amide bonds. The van der Waals surface area contributed by atoms with Crippen molar-refractivity contribution in [2.75, 3.05) is 0 Å². The molecule has 4 rings (SSSR count). The highest BCUT2D eigenvalue weighted by molar-refractivity contribution is 6.04. The maximum Gasteiger partial charge on any atom is 0.174 e. The summed E-state index contributed by atoms with van der Waals surface area (Å²) in [5.41, 5.74) is 2.19. The summed E-state index contributed by atoms with van der Waals surface area (Å²) < 4.78 is 12.4. The Kier molecular flexibility index (Phi) is 5.21. The van der Waals surface area contributed by atoms with Crippen molar-refractivity contribution < 1.29 is 29.6 Å². The fourth-order valence-electron chi connectivity index (χ4n) is 4.11. The molecule has 0 bridgehead atoms. The van der Waals surface area contributed by atoms with Crippen LogP contribution in [0.25, 0.3) is 0 Å². The van der Waals surface area contributed by atoms with Gasteiger partial charge in [0.25, 0.3) is 0 Å². The van der Waals surface area contributed by atoms with E-state index < -0.39 is 17.8 Å². The Morgan fingerprint density at radius 2 is 1.77 bits per heavy atom. The number of rotatable bonds is 4. The number of fused-ring (bicyclic) bond motifs is 2. The molecule has 1 unspecified atom stereocenters. The molecule has 6 heteroatoms. The lowest BCUT2D eigenvalue weighted by atomic mass is 9.88. The van der Waals surface area contributed by atoms with Crippen LogP contribution in [0.15, 0.2) is 35.9 Å². The molecule has 2 atom stereocenters. The van der Waals surface area contributed by atoms with Crippen LogP contribution in [0.4, 0.5) is 0 Å². The number of ketones is 1. The maximum atomic E-state index is 13.1. The van der Waals surface area contributed by atoms with Crippen LogP contribution in [0.1, 0.15) is 67.3 Å². The summed E-state index contributed by atoms with van der Waals surface area (Å²) in [4.78, 5) is 13.1. The van der Waals surface area contributed by atoms with Gasteiger partial charge in [0, 0.05) is 17.5 Å². The molecule has 0 aromatic heterocycles. The SMILES string of the molecule is CC(C)=CCc1c2c(c(O)c3c1O[C@H](c1ccc(O)cc1)CC3=O)CC(C(C)(C)O)O2. The van der Waals surface area contributed by atoms with Crippen LogP contribution in [0.5, 0.6) is 23.0 Å². The van der Waals surface area contributed by atoms with Gasteiger partial charge in [0.05, 0.1) is 12.0 Å². The van der Waals surface area contributed by atoms with Gasteiger partial charge in [0.2, 0.25) is 0 Å². The summed E-state index contributed by atoms with van der Waals surface area (Å²) in [5.74, 6) is 0.633. The van der Waals surface area contributed by atoms with Gasteiger partial charge in [-0.15, -0.1) is 0 Å². The quantitative estimate of drug-likeness (QED) is 0.630. The summed E-state index contributed by atoms with van der Waals surface area (Å²) in [5, 5.41) is 31.1. The number of aliphatic hydroxyl groups is 1. The highest BCUT2D eigenvalue weighted by Crippen LogP contribution is 2.52. The predicted octanol–water partition coefficient (Wildman–Crippen LogP) is 4.39. The van der Waals surface area contributed by atoms with Crippen molar-refractivity contribution in [1.82, 2.24) is 0 Å². The Balaban J connectivity index is 1.85. The second-order valence-corrected chi connectivity index (χ2v) is 9.11. The Morgan fingerprint density at radius 3 is 2.39 bits per heavy atom. The topological polar surface area (TPSA) is 96.2 Å². The van der Waals surface area contributed by atoms with Crippen molar-refractivity contribution in [2.45, 2.75) is 64.8 Å². The van der Waals surface area contributed by atoms with Crippen molar-refractivity contribution >= 4 is 5.78 Å². The first-order chi connectivity index (χ1) is 14.6. The normalized spacial score (nSPS) is 19.8.